The standard InChI is InChI=1S/C11H18N2O2S/c1-11(2,3)8-13-9-4-6-10(7-5-9)16(12,14)15/h4-7,13H,8H2,1-3H3,(H2,12,14,15). The van der Waals surface area contributed by atoms with E-state index in [1.165, 1.54) is 12.1 Å². The number of hydrogen-bond acceptors (Lipinski definition) is 3. The fourth-order valence-corrected chi connectivity index (χ4v) is 1.65. The molecule has 0 bridgehead atoms. The van der Waals surface area contributed by atoms with Crippen LogP contribution >= 0.6 is 0 Å². The Kier molecular flexibility index (Phi) is 3.60. The Morgan fingerprint density at radius 2 is 1.69 bits per heavy atom. The van der Waals surface area contributed by atoms with Crippen molar-refractivity contribution in [1.82, 2.24) is 0 Å². The minimum Gasteiger partial charge on any atom is -0.385 e. The van der Waals surface area contributed by atoms with E-state index in [1.807, 2.05) is 0 Å². The molecule has 0 heterocycles. The zero-order chi connectivity index (χ0) is 12.4. The number of anilines is 1. The molecular weight excluding hydrogens is 224 g/mol. The lowest BCUT2D eigenvalue weighted by atomic mass is 9.97. The maximum absolute atomic E-state index is 11.0. The summed E-state index contributed by atoms with van der Waals surface area (Å²) < 4.78 is 22.0. The molecule has 16 heavy (non-hydrogen) atoms. The second-order valence-electron chi connectivity index (χ2n) is 4.98. The van der Waals surface area contributed by atoms with Gasteiger partial charge in [-0.3, -0.25) is 0 Å². The van der Waals surface area contributed by atoms with Gasteiger partial charge in [0, 0.05) is 12.2 Å². The summed E-state index contributed by atoms with van der Waals surface area (Å²) in [6, 6.07) is 6.43. The normalized spacial score (nSPS) is 12.5. The third-order valence-electron chi connectivity index (χ3n) is 2.01. The predicted molar refractivity (Wildman–Crippen MR) is 65.8 cm³/mol. The van der Waals surface area contributed by atoms with E-state index >= 15 is 0 Å². The average Bonchev–Trinajstić information content (AvgIpc) is 2.13. The molecule has 1 aromatic rings. The first kappa shape index (κ1) is 13.0. The fourth-order valence-electron chi connectivity index (χ4n) is 1.13. The topological polar surface area (TPSA) is 72.2 Å². The van der Waals surface area contributed by atoms with Gasteiger partial charge in [0.05, 0.1) is 4.90 Å². The van der Waals surface area contributed by atoms with Crippen molar-refractivity contribution in [2.24, 2.45) is 10.6 Å². The van der Waals surface area contributed by atoms with Crippen LogP contribution in [0.3, 0.4) is 0 Å². The number of nitrogens with one attached hydrogen (secondary N) is 1. The van der Waals surface area contributed by atoms with Crippen LogP contribution < -0.4 is 10.5 Å². The molecule has 3 N–H and O–H groups in total. The van der Waals surface area contributed by atoms with Crippen molar-refractivity contribution in [3.63, 3.8) is 0 Å². The molecule has 0 aromatic heterocycles. The van der Waals surface area contributed by atoms with Gasteiger partial charge in [-0.1, -0.05) is 20.8 Å². The van der Waals surface area contributed by atoms with Gasteiger partial charge in [-0.05, 0) is 29.7 Å². The molecule has 0 atom stereocenters. The first-order valence-electron chi connectivity index (χ1n) is 5.05. The molecule has 0 spiro atoms. The summed E-state index contributed by atoms with van der Waals surface area (Å²) in [4.78, 5) is 0.133. The van der Waals surface area contributed by atoms with Crippen LogP contribution in [-0.2, 0) is 10.0 Å². The second-order valence-corrected chi connectivity index (χ2v) is 6.55. The number of sulfonamides is 1. The minimum atomic E-state index is -3.59. The van der Waals surface area contributed by atoms with E-state index in [1.54, 1.807) is 12.1 Å². The number of primary sulfonamides is 1. The van der Waals surface area contributed by atoms with Crippen LogP contribution in [0.5, 0.6) is 0 Å². The molecule has 1 aromatic carbocycles. The van der Waals surface area contributed by atoms with E-state index in [0.717, 1.165) is 12.2 Å². The predicted octanol–water partition coefficient (Wildman–Crippen LogP) is 1.79. The van der Waals surface area contributed by atoms with Gasteiger partial charge in [0.2, 0.25) is 10.0 Å². The second kappa shape index (κ2) is 4.43. The lowest BCUT2D eigenvalue weighted by molar-refractivity contribution is 0.443. The first-order chi connectivity index (χ1) is 7.18. The number of rotatable bonds is 3. The zero-order valence-electron chi connectivity index (χ0n) is 9.82. The Labute approximate surface area is 96.9 Å². The summed E-state index contributed by atoms with van der Waals surface area (Å²) in [5, 5.41) is 8.23. The van der Waals surface area contributed by atoms with Gasteiger partial charge < -0.3 is 5.32 Å². The van der Waals surface area contributed by atoms with Gasteiger partial charge >= 0.3 is 0 Å². The van der Waals surface area contributed by atoms with Gasteiger partial charge in [-0.25, -0.2) is 13.6 Å². The van der Waals surface area contributed by atoms with Crippen LogP contribution in [-0.4, -0.2) is 15.0 Å². The number of hydrogen-bond donors (Lipinski definition) is 2. The molecule has 1 rings (SSSR count). The maximum Gasteiger partial charge on any atom is 0.238 e. The highest BCUT2D eigenvalue weighted by Gasteiger charge is 2.10. The molecule has 0 aliphatic heterocycles. The van der Waals surface area contributed by atoms with Crippen molar-refractivity contribution in [2.45, 2.75) is 25.7 Å². The van der Waals surface area contributed by atoms with Crippen LogP contribution in [0, 0.1) is 5.41 Å². The molecule has 0 saturated carbocycles. The van der Waals surface area contributed by atoms with Crippen LogP contribution in [0.2, 0.25) is 0 Å². The Bertz CT molecular complexity index is 444. The molecule has 5 heteroatoms. The number of nitrogens with two attached hydrogens (primary N) is 1. The van der Waals surface area contributed by atoms with Crippen molar-refractivity contribution in [3.05, 3.63) is 24.3 Å². The van der Waals surface area contributed by atoms with Crippen molar-refractivity contribution < 1.29 is 8.42 Å². The molecule has 0 radical (unpaired) electrons. The Balaban J connectivity index is 2.73. The fraction of sp³-hybridized carbons (Fsp3) is 0.455. The van der Waals surface area contributed by atoms with Crippen LogP contribution in [0.4, 0.5) is 5.69 Å². The summed E-state index contributed by atoms with van der Waals surface area (Å²) >= 11 is 0. The summed E-state index contributed by atoms with van der Waals surface area (Å²) in [5.74, 6) is 0. The first-order valence-corrected chi connectivity index (χ1v) is 6.60. The zero-order valence-corrected chi connectivity index (χ0v) is 10.6. The van der Waals surface area contributed by atoms with E-state index in [-0.39, 0.29) is 10.3 Å². The Morgan fingerprint density at radius 1 is 1.19 bits per heavy atom. The third-order valence-corrected chi connectivity index (χ3v) is 2.93. The van der Waals surface area contributed by atoms with E-state index in [9.17, 15) is 8.42 Å². The molecule has 0 saturated heterocycles. The van der Waals surface area contributed by atoms with Crippen molar-refractivity contribution in [2.75, 3.05) is 11.9 Å². The summed E-state index contributed by atoms with van der Waals surface area (Å²) in [5.41, 5.74) is 1.07. The smallest absolute Gasteiger partial charge is 0.238 e. The van der Waals surface area contributed by atoms with E-state index in [2.05, 4.69) is 26.1 Å². The van der Waals surface area contributed by atoms with Crippen molar-refractivity contribution in [1.29, 1.82) is 0 Å². The molecule has 0 aliphatic carbocycles. The lowest BCUT2D eigenvalue weighted by Gasteiger charge is -2.19. The van der Waals surface area contributed by atoms with Gasteiger partial charge in [0.15, 0.2) is 0 Å². The highest BCUT2D eigenvalue weighted by Crippen LogP contribution is 2.17. The summed E-state index contributed by atoms with van der Waals surface area (Å²) in [6.45, 7) is 7.19. The quantitative estimate of drug-likeness (QED) is 0.848. The van der Waals surface area contributed by atoms with Crippen LogP contribution in [0.1, 0.15) is 20.8 Å². The van der Waals surface area contributed by atoms with E-state index < -0.39 is 10.0 Å². The molecule has 0 aliphatic rings. The highest BCUT2D eigenvalue weighted by molar-refractivity contribution is 7.89. The SMILES string of the molecule is CC(C)(C)CNc1ccc(S(N)(=O)=O)cc1. The van der Waals surface area contributed by atoms with Crippen molar-refractivity contribution in [3.8, 4) is 0 Å². The minimum absolute atomic E-state index is 0.133. The maximum atomic E-state index is 11.0. The van der Waals surface area contributed by atoms with Gasteiger partial charge in [0.1, 0.15) is 0 Å². The van der Waals surface area contributed by atoms with Crippen LogP contribution in [0.25, 0.3) is 0 Å². The monoisotopic (exact) mass is 242 g/mol. The molecule has 0 amide bonds. The van der Waals surface area contributed by atoms with E-state index in [0.29, 0.717) is 0 Å². The summed E-state index contributed by atoms with van der Waals surface area (Å²) in [7, 11) is -3.59. The Hall–Kier alpha value is -1.07. The van der Waals surface area contributed by atoms with E-state index in [4.69, 9.17) is 5.14 Å². The van der Waals surface area contributed by atoms with Crippen molar-refractivity contribution >= 4 is 15.7 Å². The molecule has 0 fully saturated rings. The number of benzene rings is 1. The Morgan fingerprint density at radius 3 is 2.06 bits per heavy atom. The van der Waals surface area contributed by atoms with Crippen LogP contribution in [0.15, 0.2) is 29.2 Å². The average molecular weight is 242 g/mol. The third kappa shape index (κ3) is 4.20. The molecular formula is C11H18N2O2S. The van der Waals surface area contributed by atoms with Gasteiger partial charge in [-0.2, -0.15) is 0 Å². The molecule has 0 unspecified atom stereocenters. The lowest BCUT2D eigenvalue weighted by Crippen LogP contribution is -2.19. The van der Waals surface area contributed by atoms with Gasteiger partial charge in [-0.15, -0.1) is 0 Å². The molecule has 4 nitrogen and oxygen atoms in total. The highest BCUT2D eigenvalue weighted by atomic mass is 32.2. The van der Waals surface area contributed by atoms with Gasteiger partial charge in [0.25, 0.3) is 0 Å². The largest absolute Gasteiger partial charge is 0.385 e. The molecule has 90 valence electrons. The summed E-state index contributed by atoms with van der Waals surface area (Å²) in [6.07, 6.45) is 0.